The van der Waals surface area contributed by atoms with E-state index in [1.165, 1.54) is 13.8 Å². The molecular formula is C11H12ClNO3. The fourth-order valence-electron chi connectivity index (χ4n) is 1.08. The molecule has 0 heterocycles. The molecule has 0 spiro atoms. The van der Waals surface area contributed by atoms with Crippen LogP contribution in [0.3, 0.4) is 0 Å². The minimum absolute atomic E-state index is 0.377. The summed E-state index contributed by atoms with van der Waals surface area (Å²) in [6.45, 7) is 2.76. The first-order valence-electron chi connectivity index (χ1n) is 4.72. The van der Waals surface area contributed by atoms with Crippen LogP contribution in [0.1, 0.15) is 13.8 Å². The van der Waals surface area contributed by atoms with Gasteiger partial charge in [0.15, 0.2) is 6.10 Å². The third-order valence-corrected chi connectivity index (χ3v) is 2.08. The van der Waals surface area contributed by atoms with E-state index in [1.54, 1.807) is 24.3 Å². The summed E-state index contributed by atoms with van der Waals surface area (Å²) in [7, 11) is 0. The Balaban J connectivity index is 2.57. The molecule has 0 aliphatic carbocycles. The summed E-state index contributed by atoms with van der Waals surface area (Å²) < 4.78 is 4.73. The van der Waals surface area contributed by atoms with Crippen molar-refractivity contribution < 1.29 is 14.3 Å². The summed E-state index contributed by atoms with van der Waals surface area (Å²) in [4.78, 5) is 22.1. The molecule has 0 radical (unpaired) electrons. The van der Waals surface area contributed by atoms with Gasteiger partial charge in [-0.1, -0.05) is 11.6 Å². The van der Waals surface area contributed by atoms with Crippen molar-refractivity contribution in [3.63, 3.8) is 0 Å². The van der Waals surface area contributed by atoms with E-state index in [0.29, 0.717) is 10.7 Å². The maximum Gasteiger partial charge on any atom is 0.303 e. The molecule has 86 valence electrons. The van der Waals surface area contributed by atoms with Crippen LogP contribution in [0.15, 0.2) is 24.3 Å². The fraction of sp³-hybridized carbons (Fsp3) is 0.273. The average Bonchev–Trinajstić information content (AvgIpc) is 2.20. The van der Waals surface area contributed by atoms with Crippen molar-refractivity contribution in [2.24, 2.45) is 0 Å². The smallest absolute Gasteiger partial charge is 0.303 e. The second kappa shape index (κ2) is 5.51. The van der Waals surface area contributed by atoms with Gasteiger partial charge in [0.2, 0.25) is 0 Å². The Labute approximate surface area is 98.5 Å². The number of benzene rings is 1. The number of nitrogens with one attached hydrogen (secondary N) is 1. The number of carbonyl (C=O) groups is 2. The highest BCUT2D eigenvalue weighted by molar-refractivity contribution is 6.30. The molecule has 0 aromatic heterocycles. The van der Waals surface area contributed by atoms with Crippen LogP contribution >= 0.6 is 11.6 Å². The lowest BCUT2D eigenvalue weighted by Gasteiger charge is -2.11. The summed E-state index contributed by atoms with van der Waals surface area (Å²) in [5.74, 6) is -0.865. The van der Waals surface area contributed by atoms with E-state index in [-0.39, 0.29) is 5.91 Å². The number of rotatable bonds is 3. The molecule has 1 amide bonds. The first-order chi connectivity index (χ1) is 7.49. The molecule has 0 saturated heterocycles. The van der Waals surface area contributed by atoms with Crippen LogP contribution in [-0.2, 0) is 14.3 Å². The lowest BCUT2D eigenvalue weighted by atomic mass is 10.3. The quantitative estimate of drug-likeness (QED) is 0.826. The van der Waals surface area contributed by atoms with Gasteiger partial charge >= 0.3 is 5.97 Å². The van der Waals surface area contributed by atoms with Gasteiger partial charge in [0.25, 0.3) is 5.91 Å². The maximum atomic E-state index is 11.5. The van der Waals surface area contributed by atoms with Crippen molar-refractivity contribution in [2.45, 2.75) is 20.0 Å². The maximum absolute atomic E-state index is 11.5. The van der Waals surface area contributed by atoms with E-state index in [9.17, 15) is 9.59 Å². The molecule has 4 nitrogen and oxygen atoms in total. The van der Waals surface area contributed by atoms with Gasteiger partial charge < -0.3 is 10.1 Å². The van der Waals surface area contributed by atoms with Crippen molar-refractivity contribution >= 4 is 29.2 Å². The molecule has 1 atom stereocenters. The predicted molar refractivity (Wildman–Crippen MR) is 61.3 cm³/mol. The van der Waals surface area contributed by atoms with Gasteiger partial charge in [-0.25, -0.2) is 0 Å². The molecule has 0 unspecified atom stereocenters. The molecule has 5 heteroatoms. The number of ether oxygens (including phenoxy) is 1. The van der Waals surface area contributed by atoms with Crippen molar-refractivity contribution in [1.29, 1.82) is 0 Å². The molecular weight excluding hydrogens is 230 g/mol. The predicted octanol–water partition coefficient (Wildman–Crippen LogP) is 2.23. The second-order valence-corrected chi connectivity index (χ2v) is 3.68. The summed E-state index contributed by atoms with van der Waals surface area (Å²) in [6, 6.07) is 6.66. The molecule has 1 aromatic carbocycles. The Hall–Kier alpha value is -1.55. The van der Waals surface area contributed by atoms with Crippen molar-refractivity contribution in [1.82, 2.24) is 0 Å². The summed E-state index contributed by atoms with van der Waals surface area (Å²) in [5.41, 5.74) is 0.605. The summed E-state index contributed by atoms with van der Waals surface area (Å²) >= 11 is 5.70. The molecule has 0 aliphatic heterocycles. The molecule has 0 bridgehead atoms. The van der Waals surface area contributed by atoms with E-state index in [1.807, 2.05) is 0 Å². The van der Waals surface area contributed by atoms with E-state index in [4.69, 9.17) is 16.3 Å². The molecule has 1 rings (SSSR count). The summed E-state index contributed by atoms with van der Waals surface area (Å²) in [5, 5.41) is 3.19. The van der Waals surface area contributed by atoms with E-state index in [2.05, 4.69) is 5.32 Å². The molecule has 1 N–H and O–H groups in total. The normalized spacial score (nSPS) is 11.7. The SMILES string of the molecule is CC(=O)O[C@H](C)C(=O)Nc1ccc(Cl)cc1. The number of anilines is 1. The Morgan fingerprint density at radius 3 is 2.38 bits per heavy atom. The molecule has 0 fully saturated rings. The van der Waals surface area contributed by atoms with Crippen molar-refractivity contribution in [3.05, 3.63) is 29.3 Å². The Bertz CT molecular complexity index is 389. The third kappa shape index (κ3) is 3.90. The van der Waals surface area contributed by atoms with Gasteiger partial charge in [0, 0.05) is 17.6 Å². The standard InChI is InChI=1S/C11H12ClNO3/c1-7(16-8(2)14)11(15)13-10-5-3-9(12)4-6-10/h3-7H,1-2H3,(H,13,15)/t7-/m1/s1. The first kappa shape index (κ1) is 12.5. The largest absolute Gasteiger partial charge is 0.453 e. The molecule has 0 saturated carbocycles. The van der Waals surface area contributed by atoms with Crippen LogP contribution in [-0.4, -0.2) is 18.0 Å². The summed E-state index contributed by atoms with van der Waals surface area (Å²) in [6.07, 6.45) is -0.812. The number of carbonyl (C=O) groups excluding carboxylic acids is 2. The van der Waals surface area contributed by atoms with Crippen LogP contribution in [0.25, 0.3) is 0 Å². The number of amides is 1. The molecule has 16 heavy (non-hydrogen) atoms. The highest BCUT2D eigenvalue weighted by atomic mass is 35.5. The van der Waals surface area contributed by atoms with Crippen LogP contribution in [0.5, 0.6) is 0 Å². The lowest BCUT2D eigenvalue weighted by molar-refractivity contribution is -0.150. The minimum atomic E-state index is -0.812. The Morgan fingerprint density at radius 1 is 1.31 bits per heavy atom. The molecule has 0 aliphatic rings. The van der Waals surface area contributed by atoms with Crippen LogP contribution in [0.4, 0.5) is 5.69 Å². The zero-order valence-corrected chi connectivity index (χ0v) is 9.75. The first-order valence-corrected chi connectivity index (χ1v) is 5.10. The zero-order valence-electron chi connectivity index (χ0n) is 8.99. The lowest BCUT2D eigenvalue weighted by Crippen LogP contribution is -2.29. The van der Waals surface area contributed by atoms with Gasteiger partial charge in [0.05, 0.1) is 0 Å². The monoisotopic (exact) mass is 241 g/mol. The van der Waals surface area contributed by atoms with Crippen molar-refractivity contribution in [2.75, 3.05) is 5.32 Å². The minimum Gasteiger partial charge on any atom is -0.453 e. The number of esters is 1. The fourth-order valence-corrected chi connectivity index (χ4v) is 1.21. The van der Waals surface area contributed by atoms with E-state index >= 15 is 0 Å². The zero-order chi connectivity index (χ0) is 12.1. The van der Waals surface area contributed by atoms with Gasteiger partial charge in [0.1, 0.15) is 0 Å². The van der Waals surface area contributed by atoms with Crippen LogP contribution < -0.4 is 5.32 Å². The highest BCUT2D eigenvalue weighted by Crippen LogP contribution is 2.13. The van der Waals surface area contributed by atoms with Crippen molar-refractivity contribution in [3.8, 4) is 0 Å². The van der Waals surface area contributed by atoms with Gasteiger partial charge in [-0.05, 0) is 31.2 Å². The van der Waals surface area contributed by atoms with E-state index in [0.717, 1.165) is 0 Å². The van der Waals surface area contributed by atoms with Crippen LogP contribution in [0.2, 0.25) is 5.02 Å². The topological polar surface area (TPSA) is 55.4 Å². The van der Waals surface area contributed by atoms with Gasteiger partial charge in [-0.15, -0.1) is 0 Å². The van der Waals surface area contributed by atoms with Gasteiger partial charge in [-0.2, -0.15) is 0 Å². The van der Waals surface area contributed by atoms with Gasteiger partial charge in [-0.3, -0.25) is 9.59 Å². The average molecular weight is 242 g/mol. The Morgan fingerprint density at radius 2 is 1.88 bits per heavy atom. The Kier molecular flexibility index (Phi) is 4.31. The third-order valence-electron chi connectivity index (χ3n) is 1.82. The number of hydrogen-bond acceptors (Lipinski definition) is 3. The molecule has 1 aromatic rings. The highest BCUT2D eigenvalue weighted by Gasteiger charge is 2.15. The van der Waals surface area contributed by atoms with E-state index < -0.39 is 12.1 Å². The van der Waals surface area contributed by atoms with Crippen LogP contribution in [0, 0.1) is 0 Å². The number of halogens is 1. The second-order valence-electron chi connectivity index (χ2n) is 3.25. The number of hydrogen-bond donors (Lipinski definition) is 1.